The van der Waals surface area contributed by atoms with Crippen LogP contribution in [0.1, 0.15) is 82.9 Å². The second-order valence-corrected chi connectivity index (χ2v) is 7.19. The minimum absolute atomic E-state index is 0.229. The van der Waals surface area contributed by atoms with Crippen molar-refractivity contribution in [2.75, 3.05) is 19.5 Å². The van der Waals surface area contributed by atoms with E-state index < -0.39 is 0 Å². The van der Waals surface area contributed by atoms with Gasteiger partial charge < -0.3 is 10.1 Å². The van der Waals surface area contributed by atoms with Gasteiger partial charge in [-0.1, -0.05) is 53.4 Å². The monoisotopic (exact) mass is 441 g/mol. The van der Waals surface area contributed by atoms with Crippen molar-refractivity contribution >= 4 is 22.9 Å². The Morgan fingerprint density at radius 1 is 1.12 bits per heavy atom. The molecule has 7 nitrogen and oxygen atoms in total. The summed E-state index contributed by atoms with van der Waals surface area (Å²) in [6.45, 7) is 8.25. The Balaban J connectivity index is 0.000000328. The molecule has 1 N–H and O–H groups in total. The number of nitrogens with one attached hydrogen (secondary N) is 1. The summed E-state index contributed by atoms with van der Waals surface area (Å²) >= 11 is 0. The van der Waals surface area contributed by atoms with Crippen molar-refractivity contribution in [1.29, 1.82) is 0 Å². The molecule has 2 heterocycles. The Labute approximate surface area is 192 Å². The molecule has 0 amide bonds. The lowest BCUT2D eigenvalue weighted by Crippen LogP contribution is -2.12. The van der Waals surface area contributed by atoms with E-state index >= 15 is 0 Å². The van der Waals surface area contributed by atoms with Gasteiger partial charge >= 0.3 is 0 Å². The Morgan fingerprint density at radius 3 is 2.25 bits per heavy atom. The van der Waals surface area contributed by atoms with E-state index in [1.807, 2.05) is 27.0 Å². The van der Waals surface area contributed by atoms with Crippen LogP contribution in [0.25, 0.3) is 10.9 Å². The lowest BCUT2D eigenvalue weighted by atomic mass is 9.96. The summed E-state index contributed by atoms with van der Waals surface area (Å²) in [6, 6.07) is 6.36. The maximum Gasteiger partial charge on any atom is 0.192 e. The van der Waals surface area contributed by atoms with E-state index in [1.54, 1.807) is 13.2 Å². The number of aromatic nitrogens is 4. The number of carbonyl (C=O) groups excluding carboxylic acids is 1. The maximum absolute atomic E-state index is 9.88. The first kappa shape index (κ1) is 27.1. The third kappa shape index (κ3) is 8.29. The first-order valence-corrected chi connectivity index (χ1v) is 11.6. The molecule has 0 atom stereocenters. The van der Waals surface area contributed by atoms with Crippen molar-refractivity contribution in [1.82, 2.24) is 19.7 Å². The van der Waals surface area contributed by atoms with Gasteiger partial charge in [-0.05, 0) is 25.0 Å². The van der Waals surface area contributed by atoms with Gasteiger partial charge in [0, 0.05) is 37.1 Å². The Hall–Kier alpha value is -2.96. The number of methoxy groups -OCH3 is 1. The zero-order valence-electron chi connectivity index (χ0n) is 20.5. The molecule has 3 aromatic rings. The van der Waals surface area contributed by atoms with Crippen molar-refractivity contribution in [2.24, 2.45) is 0 Å². The zero-order chi connectivity index (χ0) is 23.8. The van der Waals surface area contributed by atoms with Crippen molar-refractivity contribution in [3.63, 3.8) is 0 Å². The minimum atomic E-state index is 0.229. The van der Waals surface area contributed by atoms with Crippen molar-refractivity contribution < 1.29 is 9.53 Å². The summed E-state index contributed by atoms with van der Waals surface area (Å²) in [4.78, 5) is 17.1. The fourth-order valence-corrected chi connectivity index (χ4v) is 3.34. The van der Waals surface area contributed by atoms with E-state index in [-0.39, 0.29) is 5.82 Å². The number of hydrogen-bond donors (Lipinski definition) is 1. The lowest BCUT2D eigenvalue weighted by Gasteiger charge is -2.21. The molecule has 4 rings (SSSR count). The molecule has 0 bridgehead atoms. The molecule has 0 spiro atoms. The van der Waals surface area contributed by atoms with E-state index in [9.17, 15) is 4.79 Å². The quantitative estimate of drug-likeness (QED) is 0.477. The Morgan fingerprint density at radius 2 is 1.75 bits per heavy atom. The highest BCUT2D eigenvalue weighted by molar-refractivity contribution is 5.85. The summed E-state index contributed by atoms with van der Waals surface area (Å²) in [5.74, 6) is 1.08. The van der Waals surface area contributed by atoms with Crippen LogP contribution in [-0.2, 0) is 0 Å². The largest absolute Gasteiger partial charge is 0.495 e. The van der Waals surface area contributed by atoms with Gasteiger partial charge in [-0.15, -0.1) is 0 Å². The van der Waals surface area contributed by atoms with Gasteiger partial charge in [0.2, 0.25) is 0 Å². The third-order valence-corrected chi connectivity index (χ3v) is 4.75. The number of rotatable bonds is 4. The molecular formula is C25H39N5O2. The molecule has 1 saturated carbocycles. The lowest BCUT2D eigenvalue weighted by molar-refractivity contribution is 0.111. The highest BCUT2D eigenvalue weighted by atomic mass is 16.5. The summed E-state index contributed by atoms with van der Waals surface area (Å²) in [6.07, 6.45) is 13.6. The predicted octanol–water partition coefficient (Wildman–Crippen LogP) is 6.32. The smallest absolute Gasteiger partial charge is 0.192 e. The van der Waals surface area contributed by atoms with Crippen LogP contribution in [0.4, 0.5) is 5.69 Å². The van der Waals surface area contributed by atoms with Crippen LogP contribution in [0.15, 0.2) is 36.8 Å². The van der Waals surface area contributed by atoms with Crippen molar-refractivity contribution in [3.8, 4) is 5.75 Å². The highest BCUT2D eigenvalue weighted by Gasteiger charge is 2.17. The zero-order valence-corrected chi connectivity index (χ0v) is 20.5. The molecule has 1 aliphatic rings. The van der Waals surface area contributed by atoms with E-state index in [4.69, 9.17) is 9.84 Å². The molecule has 0 saturated heterocycles. The molecule has 1 fully saturated rings. The molecule has 0 unspecified atom stereocenters. The Kier molecular flexibility index (Phi) is 13.4. The van der Waals surface area contributed by atoms with Crippen LogP contribution in [-0.4, -0.2) is 40.2 Å². The average molecular weight is 442 g/mol. The third-order valence-electron chi connectivity index (χ3n) is 4.75. The summed E-state index contributed by atoms with van der Waals surface area (Å²) < 4.78 is 7.54. The van der Waals surface area contributed by atoms with Crippen LogP contribution < -0.4 is 10.1 Å². The SMILES string of the molecule is CC.CCC.CNc1cc2cn(C3CCCCC3)nc2cc1OC.O=Cc1ncccn1. The van der Waals surface area contributed by atoms with Crippen LogP contribution in [0, 0.1) is 0 Å². The number of fused-ring (bicyclic) bond motifs is 1. The number of carbonyl (C=O) groups is 1. The van der Waals surface area contributed by atoms with E-state index in [0.29, 0.717) is 12.3 Å². The first-order valence-electron chi connectivity index (χ1n) is 11.6. The number of aldehydes is 1. The summed E-state index contributed by atoms with van der Waals surface area (Å²) in [7, 11) is 3.61. The number of ether oxygens (including phenoxy) is 1. The van der Waals surface area contributed by atoms with Gasteiger partial charge in [0.05, 0.1) is 24.4 Å². The normalized spacial score (nSPS) is 12.8. The van der Waals surface area contributed by atoms with Gasteiger partial charge in [-0.3, -0.25) is 9.48 Å². The van der Waals surface area contributed by atoms with E-state index in [0.717, 1.165) is 17.0 Å². The second-order valence-electron chi connectivity index (χ2n) is 7.19. The molecule has 0 aliphatic heterocycles. The predicted molar refractivity (Wildman–Crippen MR) is 133 cm³/mol. The first-order chi connectivity index (χ1) is 15.7. The molecule has 7 heteroatoms. The fraction of sp³-hybridized carbons (Fsp3) is 0.520. The molecular weight excluding hydrogens is 402 g/mol. The Bertz CT molecular complexity index is 849. The van der Waals surface area contributed by atoms with E-state index in [2.05, 4.69) is 46.1 Å². The maximum atomic E-state index is 9.88. The number of hydrogen-bond acceptors (Lipinski definition) is 6. The second kappa shape index (κ2) is 15.8. The molecule has 176 valence electrons. The molecule has 32 heavy (non-hydrogen) atoms. The molecule has 1 aromatic carbocycles. The van der Waals surface area contributed by atoms with E-state index in [1.165, 1.54) is 56.3 Å². The van der Waals surface area contributed by atoms with Gasteiger partial charge in [-0.2, -0.15) is 5.10 Å². The number of benzene rings is 1. The van der Waals surface area contributed by atoms with Gasteiger partial charge in [0.15, 0.2) is 12.1 Å². The van der Waals surface area contributed by atoms with Crippen LogP contribution in [0.2, 0.25) is 0 Å². The number of anilines is 1. The van der Waals surface area contributed by atoms with Crippen molar-refractivity contribution in [2.45, 2.75) is 72.3 Å². The van der Waals surface area contributed by atoms with Gasteiger partial charge in [-0.25, -0.2) is 9.97 Å². The van der Waals surface area contributed by atoms with Crippen LogP contribution >= 0.6 is 0 Å². The standard InChI is InChI=1S/C15H21N3O.C5H4N2O.C3H8.C2H6/c1-16-14-8-11-10-18(12-6-4-3-5-7-12)17-13(11)9-15(14)19-2;8-4-5-6-2-1-3-7-5;1-3-2;1-2/h8-10,12,16H,3-7H2,1-2H3;1-4H;3H2,1-2H3;1-2H3. The van der Waals surface area contributed by atoms with Crippen molar-refractivity contribution in [3.05, 3.63) is 42.6 Å². The fourth-order valence-electron chi connectivity index (χ4n) is 3.34. The minimum Gasteiger partial charge on any atom is -0.495 e. The molecule has 0 radical (unpaired) electrons. The summed E-state index contributed by atoms with van der Waals surface area (Å²) in [5, 5.41) is 9.07. The topological polar surface area (TPSA) is 81.9 Å². The number of nitrogens with zero attached hydrogens (tertiary/aromatic N) is 4. The highest BCUT2D eigenvalue weighted by Crippen LogP contribution is 2.32. The van der Waals surface area contributed by atoms with Gasteiger partial charge in [0.1, 0.15) is 5.75 Å². The van der Waals surface area contributed by atoms with Crippen LogP contribution in [0.3, 0.4) is 0 Å². The molecule has 1 aliphatic carbocycles. The molecule has 2 aromatic heterocycles. The average Bonchev–Trinajstić information content (AvgIpc) is 3.29. The summed E-state index contributed by atoms with van der Waals surface area (Å²) in [5.41, 5.74) is 2.03. The van der Waals surface area contributed by atoms with Gasteiger partial charge in [0.25, 0.3) is 0 Å². The van der Waals surface area contributed by atoms with Crippen LogP contribution in [0.5, 0.6) is 5.75 Å².